The van der Waals surface area contributed by atoms with Crippen LogP contribution in [0, 0.1) is 0 Å². The standard InChI is InChI=1S/C17H22O4/c1-18-15-4-3-14(12-16(15)19-2)11-13-5-7-17(8-6-13)20-9-10-21-17/h3-4,11-12H,5-10H2,1-2H3. The van der Waals surface area contributed by atoms with Crippen LogP contribution in [0.5, 0.6) is 11.5 Å². The molecule has 1 saturated heterocycles. The van der Waals surface area contributed by atoms with Gasteiger partial charge in [-0.3, -0.25) is 0 Å². The first-order chi connectivity index (χ1) is 10.2. The smallest absolute Gasteiger partial charge is 0.169 e. The van der Waals surface area contributed by atoms with E-state index in [0.29, 0.717) is 0 Å². The van der Waals surface area contributed by atoms with Crippen molar-refractivity contribution >= 4 is 6.08 Å². The van der Waals surface area contributed by atoms with Crippen molar-refractivity contribution in [1.82, 2.24) is 0 Å². The van der Waals surface area contributed by atoms with Crippen LogP contribution >= 0.6 is 0 Å². The second kappa shape index (κ2) is 6.08. The van der Waals surface area contributed by atoms with Gasteiger partial charge in [-0.1, -0.05) is 17.7 Å². The van der Waals surface area contributed by atoms with Gasteiger partial charge in [-0.25, -0.2) is 0 Å². The summed E-state index contributed by atoms with van der Waals surface area (Å²) < 4.78 is 22.1. The van der Waals surface area contributed by atoms with E-state index >= 15 is 0 Å². The number of benzene rings is 1. The number of ether oxygens (including phenoxy) is 4. The zero-order valence-corrected chi connectivity index (χ0v) is 12.7. The number of allylic oxidation sites excluding steroid dienone is 1. The van der Waals surface area contributed by atoms with Crippen molar-refractivity contribution in [3.8, 4) is 11.5 Å². The fraction of sp³-hybridized carbons (Fsp3) is 0.529. The van der Waals surface area contributed by atoms with E-state index in [0.717, 1.165) is 56.0 Å². The van der Waals surface area contributed by atoms with Gasteiger partial charge < -0.3 is 18.9 Å². The molecule has 1 heterocycles. The van der Waals surface area contributed by atoms with Crippen LogP contribution in [0.25, 0.3) is 6.08 Å². The monoisotopic (exact) mass is 290 g/mol. The van der Waals surface area contributed by atoms with E-state index < -0.39 is 0 Å². The molecule has 1 aromatic carbocycles. The number of methoxy groups -OCH3 is 2. The third-order valence-electron chi connectivity index (χ3n) is 4.25. The van der Waals surface area contributed by atoms with E-state index in [-0.39, 0.29) is 5.79 Å². The summed E-state index contributed by atoms with van der Waals surface area (Å²) in [6, 6.07) is 6.01. The minimum absolute atomic E-state index is 0.297. The molecule has 0 bridgehead atoms. The van der Waals surface area contributed by atoms with Crippen molar-refractivity contribution in [2.45, 2.75) is 31.5 Å². The van der Waals surface area contributed by atoms with Gasteiger partial charge in [0.1, 0.15) is 0 Å². The summed E-state index contributed by atoms with van der Waals surface area (Å²) in [5, 5.41) is 0. The summed E-state index contributed by atoms with van der Waals surface area (Å²) in [4.78, 5) is 0. The van der Waals surface area contributed by atoms with Crippen LogP contribution in [0.1, 0.15) is 31.2 Å². The first-order valence-electron chi connectivity index (χ1n) is 7.44. The van der Waals surface area contributed by atoms with Crippen LogP contribution in [0.2, 0.25) is 0 Å². The molecular weight excluding hydrogens is 268 g/mol. The minimum Gasteiger partial charge on any atom is -0.493 e. The summed E-state index contributed by atoms with van der Waals surface area (Å²) in [5.74, 6) is 1.23. The molecule has 0 unspecified atom stereocenters. The first kappa shape index (κ1) is 14.4. The second-order valence-electron chi connectivity index (χ2n) is 5.52. The van der Waals surface area contributed by atoms with Crippen molar-refractivity contribution in [2.75, 3.05) is 27.4 Å². The molecular formula is C17H22O4. The number of hydrogen-bond acceptors (Lipinski definition) is 4. The van der Waals surface area contributed by atoms with E-state index in [4.69, 9.17) is 18.9 Å². The van der Waals surface area contributed by atoms with Crippen LogP contribution in [0.4, 0.5) is 0 Å². The Bertz CT molecular complexity index is 518. The molecule has 1 spiro atoms. The third kappa shape index (κ3) is 3.06. The molecule has 0 radical (unpaired) electrons. The Balaban J connectivity index is 1.71. The Morgan fingerprint density at radius 3 is 2.29 bits per heavy atom. The highest BCUT2D eigenvalue weighted by Gasteiger charge is 2.38. The summed E-state index contributed by atoms with van der Waals surface area (Å²) >= 11 is 0. The SMILES string of the molecule is COc1ccc(C=C2CCC3(CC2)OCCO3)cc1OC. The molecule has 1 saturated carbocycles. The summed E-state index contributed by atoms with van der Waals surface area (Å²) in [5.41, 5.74) is 2.58. The molecule has 1 aliphatic heterocycles. The molecule has 2 fully saturated rings. The van der Waals surface area contributed by atoms with E-state index in [1.165, 1.54) is 5.57 Å². The molecule has 1 aromatic rings. The summed E-state index contributed by atoms with van der Waals surface area (Å²) in [6.45, 7) is 1.46. The molecule has 4 heteroatoms. The van der Waals surface area contributed by atoms with Gasteiger partial charge in [0, 0.05) is 12.8 Å². The Hall–Kier alpha value is -1.52. The van der Waals surface area contributed by atoms with Gasteiger partial charge in [-0.2, -0.15) is 0 Å². The van der Waals surface area contributed by atoms with Crippen molar-refractivity contribution in [1.29, 1.82) is 0 Å². The van der Waals surface area contributed by atoms with Crippen LogP contribution in [-0.4, -0.2) is 33.2 Å². The van der Waals surface area contributed by atoms with Gasteiger partial charge in [0.05, 0.1) is 27.4 Å². The molecule has 21 heavy (non-hydrogen) atoms. The summed E-state index contributed by atoms with van der Waals surface area (Å²) in [6.07, 6.45) is 6.19. The highest BCUT2D eigenvalue weighted by Crippen LogP contribution is 2.39. The average Bonchev–Trinajstić information content (AvgIpc) is 2.98. The Morgan fingerprint density at radius 2 is 1.67 bits per heavy atom. The quantitative estimate of drug-likeness (QED) is 0.855. The summed E-state index contributed by atoms with van der Waals surface area (Å²) in [7, 11) is 3.31. The maximum atomic E-state index is 5.76. The van der Waals surface area contributed by atoms with Crippen molar-refractivity contribution in [2.24, 2.45) is 0 Å². The van der Waals surface area contributed by atoms with Crippen molar-refractivity contribution in [3.63, 3.8) is 0 Å². The third-order valence-corrected chi connectivity index (χ3v) is 4.25. The zero-order valence-electron chi connectivity index (χ0n) is 12.7. The van der Waals surface area contributed by atoms with E-state index in [1.807, 2.05) is 12.1 Å². The maximum Gasteiger partial charge on any atom is 0.169 e. The zero-order chi connectivity index (χ0) is 14.7. The molecule has 0 N–H and O–H groups in total. The molecule has 1 aliphatic carbocycles. The minimum atomic E-state index is -0.297. The lowest BCUT2D eigenvalue weighted by molar-refractivity contribution is -0.171. The molecule has 3 rings (SSSR count). The normalized spacial score (nSPS) is 20.6. The fourth-order valence-corrected chi connectivity index (χ4v) is 3.06. The van der Waals surface area contributed by atoms with Crippen LogP contribution in [0.3, 0.4) is 0 Å². The molecule has 2 aliphatic rings. The van der Waals surface area contributed by atoms with Gasteiger partial charge in [0.15, 0.2) is 17.3 Å². The Labute approximate surface area is 125 Å². The largest absolute Gasteiger partial charge is 0.493 e. The fourth-order valence-electron chi connectivity index (χ4n) is 3.06. The second-order valence-corrected chi connectivity index (χ2v) is 5.52. The lowest BCUT2D eigenvalue weighted by atomic mass is 9.88. The predicted octanol–water partition coefficient (Wildman–Crippen LogP) is 3.40. The van der Waals surface area contributed by atoms with Crippen molar-refractivity contribution < 1.29 is 18.9 Å². The molecule has 114 valence electrons. The van der Waals surface area contributed by atoms with Crippen LogP contribution in [0.15, 0.2) is 23.8 Å². The first-order valence-corrected chi connectivity index (χ1v) is 7.44. The lowest BCUT2D eigenvalue weighted by Gasteiger charge is -2.32. The molecule has 0 atom stereocenters. The number of rotatable bonds is 3. The Kier molecular flexibility index (Phi) is 4.17. The van der Waals surface area contributed by atoms with E-state index in [9.17, 15) is 0 Å². The maximum absolute atomic E-state index is 5.76. The van der Waals surface area contributed by atoms with Gasteiger partial charge >= 0.3 is 0 Å². The van der Waals surface area contributed by atoms with Gasteiger partial charge in [0.25, 0.3) is 0 Å². The lowest BCUT2D eigenvalue weighted by Crippen LogP contribution is -2.33. The average molecular weight is 290 g/mol. The van der Waals surface area contributed by atoms with E-state index in [2.05, 4.69) is 12.1 Å². The molecule has 4 nitrogen and oxygen atoms in total. The Morgan fingerprint density at radius 1 is 1.00 bits per heavy atom. The number of hydrogen-bond donors (Lipinski definition) is 0. The molecule has 0 aromatic heterocycles. The van der Waals surface area contributed by atoms with Gasteiger partial charge in [-0.05, 0) is 30.5 Å². The van der Waals surface area contributed by atoms with Gasteiger partial charge in [0.2, 0.25) is 0 Å². The highest BCUT2D eigenvalue weighted by atomic mass is 16.7. The molecule has 0 amide bonds. The van der Waals surface area contributed by atoms with Crippen LogP contribution < -0.4 is 9.47 Å². The van der Waals surface area contributed by atoms with Crippen molar-refractivity contribution in [3.05, 3.63) is 29.3 Å². The predicted molar refractivity (Wildman–Crippen MR) is 80.6 cm³/mol. The van der Waals surface area contributed by atoms with Crippen LogP contribution in [-0.2, 0) is 9.47 Å². The highest BCUT2D eigenvalue weighted by molar-refractivity contribution is 5.58. The van der Waals surface area contributed by atoms with Gasteiger partial charge in [-0.15, -0.1) is 0 Å². The topological polar surface area (TPSA) is 36.9 Å². The van der Waals surface area contributed by atoms with E-state index in [1.54, 1.807) is 14.2 Å².